The Hall–Kier alpha value is -3.23. The molecule has 0 spiro atoms. The summed E-state index contributed by atoms with van der Waals surface area (Å²) in [4.78, 5) is 35.1. The number of aromatic hydroxyl groups is 1. The van der Waals surface area contributed by atoms with Gasteiger partial charge in [0, 0.05) is 37.6 Å². The number of aryl methyl sites for hydroxylation is 2. The molecule has 262 valence electrons. The summed E-state index contributed by atoms with van der Waals surface area (Å²) in [5.41, 5.74) is 1.98. The van der Waals surface area contributed by atoms with E-state index in [0.717, 1.165) is 16.3 Å². The van der Waals surface area contributed by atoms with Crippen molar-refractivity contribution in [1.82, 2.24) is 24.4 Å². The summed E-state index contributed by atoms with van der Waals surface area (Å²) >= 11 is 7.83. The fourth-order valence-electron chi connectivity index (χ4n) is 5.90. The lowest BCUT2D eigenvalue weighted by molar-refractivity contribution is -0.128. The first-order chi connectivity index (χ1) is 22.6. The molecule has 0 radical (unpaired) electrons. The first-order valence-electron chi connectivity index (χ1n) is 16.1. The summed E-state index contributed by atoms with van der Waals surface area (Å²) in [7, 11) is -4.22. The molecule has 2 heterocycles. The molecular formula is C34H46ClN5O6S2. The summed E-state index contributed by atoms with van der Waals surface area (Å²) in [6.45, 7) is 11.9. The highest BCUT2D eigenvalue weighted by Gasteiger charge is 2.41. The number of hydrogen-bond donors (Lipinski definition) is 3. The summed E-state index contributed by atoms with van der Waals surface area (Å²) in [6, 6.07) is 9.84. The minimum absolute atomic E-state index is 0.0763. The topological polar surface area (TPSA) is 143 Å². The SMILES string of the molecule is Cc1nc(CN2CCN([C@H](C(=O)N[C@@H](Cc3ccccc3)[C@@H](O)CN(CC(C)C)S(=O)(=O)c3cc(C)c(O)cc3Cl)C(C)C)C2=O)cs1. The molecule has 3 atom stereocenters. The molecule has 1 aromatic heterocycles. The van der Waals surface area contributed by atoms with E-state index in [1.807, 2.05) is 70.3 Å². The number of nitrogens with zero attached hydrogens (tertiary/aromatic N) is 4. The van der Waals surface area contributed by atoms with E-state index in [4.69, 9.17) is 11.6 Å². The fourth-order valence-corrected chi connectivity index (χ4v) is 8.71. The van der Waals surface area contributed by atoms with Gasteiger partial charge in [0.25, 0.3) is 0 Å². The Labute approximate surface area is 292 Å². The van der Waals surface area contributed by atoms with Crippen molar-refractivity contribution in [3.05, 3.63) is 74.7 Å². The van der Waals surface area contributed by atoms with Crippen molar-refractivity contribution in [3.63, 3.8) is 0 Å². The van der Waals surface area contributed by atoms with Gasteiger partial charge in [-0.2, -0.15) is 4.31 Å². The monoisotopic (exact) mass is 719 g/mol. The molecule has 3 aromatic rings. The molecule has 0 saturated carbocycles. The van der Waals surface area contributed by atoms with E-state index in [0.29, 0.717) is 25.2 Å². The van der Waals surface area contributed by atoms with Crippen LogP contribution in [0.1, 0.15) is 49.5 Å². The van der Waals surface area contributed by atoms with Crippen LogP contribution in [0.3, 0.4) is 0 Å². The van der Waals surface area contributed by atoms with Crippen LogP contribution in [0.15, 0.2) is 52.7 Å². The zero-order valence-corrected chi connectivity index (χ0v) is 30.6. The Morgan fingerprint density at radius 3 is 2.40 bits per heavy atom. The average molecular weight is 720 g/mol. The molecule has 3 amide bonds. The number of carbonyl (C=O) groups excluding carboxylic acids is 2. The molecular weight excluding hydrogens is 674 g/mol. The third-order valence-electron chi connectivity index (χ3n) is 8.30. The van der Waals surface area contributed by atoms with Gasteiger partial charge in [-0.15, -0.1) is 11.3 Å². The second-order valence-electron chi connectivity index (χ2n) is 13.1. The number of halogens is 1. The second kappa shape index (κ2) is 16.0. The van der Waals surface area contributed by atoms with Gasteiger partial charge in [0.15, 0.2) is 0 Å². The van der Waals surface area contributed by atoms with Gasteiger partial charge in [-0.05, 0) is 49.3 Å². The van der Waals surface area contributed by atoms with E-state index in [9.17, 15) is 28.2 Å². The lowest BCUT2D eigenvalue weighted by Gasteiger charge is -2.34. The number of aromatic nitrogens is 1. The summed E-state index contributed by atoms with van der Waals surface area (Å²) < 4.78 is 29.1. The Bertz CT molecular complexity index is 1680. The summed E-state index contributed by atoms with van der Waals surface area (Å²) in [6.07, 6.45) is -1.11. The van der Waals surface area contributed by atoms with E-state index in [1.165, 1.54) is 27.8 Å². The predicted octanol–water partition coefficient (Wildman–Crippen LogP) is 4.82. The molecule has 11 nitrogen and oxygen atoms in total. The van der Waals surface area contributed by atoms with E-state index in [-0.39, 0.29) is 53.0 Å². The summed E-state index contributed by atoms with van der Waals surface area (Å²) in [5, 5.41) is 27.5. The van der Waals surface area contributed by atoms with E-state index in [1.54, 1.807) is 16.7 Å². The highest BCUT2D eigenvalue weighted by Crippen LogP contribution is 2.32. The minimum Gasteiger partial charge on any atom is -0.508 e. The van der Waals surface area contributed by atoms with E-state index >= 15 is 0 Å². The van der Waals surface area contributed by atoms with Crippen LogP contribution in [0.25, 0.3) is 0 Å². The van der Waals surface area contributed by atoms with Crippen molar-refractivity contribution < 1.29 is 28.2 Å². The van der Waals surface area contributed by atoms with Crippen molar-refractivity contribution in [1.29, 1.82) is 0 Å². The summed E-state index contributed by atoms with van der Waals surface area (Å²) in [5.74, 6) is -0.908. The third-order valence-corrected chi connectivity index (χ3v) is 11.4. The third kappa shape index (κ3) is 9.06. The smallest absolute Gasteiger partial charge is 0.321 e. The number of thiazole rings is 1. The van der Waals surface area contributed by atoms with Gasteiger partial charge in [0.2, 0.25) is 15.9 Å². The first kappa shape index (κ1) is 37.6. The first-order valence-corrected chi connectivity index (χ1v) is 18.8. The minimum atomic E-state index is -4.22. The van der Waals surface area contributed by atoms with E-state index < -0.39 is 34.1 Å². The molecule has 4 rings (SSSR count). The number of nitrogens with one attached hydrogen (secondary N) is 1. The maximum atomic E-state index is 14.1. The standard InChI is InChI=1S/C34H46ClN5O6S2/c1-21(2)17-39(48(45,46)31-14-23(5)29(41)16-27(31)35)19-30(42)28(15-25-10-8-7-9-11-25)37-33(43)32(22(3)4)40-13-12-38(34(40)44)18-26-20-47-24(6)36-26/h7-11,14,16,20-22,28,30,32,41-42H,12-13,15,17-19H2,1-6H3,(H,37,43)/t28-,30-,32-/m0/s1. The van der Waals surface area contributed by atoms with Gasteiger partial charge < -0.3 is 25.3 Å². The number of urea groups is 1. The second-order valence-corrected chi connectivity index (χ2v) is 16.5. The normalized spacial score (nSPS) is 15.9. The molecule has 1 aliphatic heterocycles. The zero-order chi connectivity index (χ0) is 35.3. The van der Waals surface area contributed by atoms with Crippen LogP contribution in [-0.2, 0) is 27.8 Å². The molecule has 2 aromatic carbocycles. The van der Waals surface area contributed by atoms with Gasteiger partial charge in [-0.1, -0.05) is 69.6 Å². The van der Waals surface area contributed by atoms with Crippen LogP contribution in [-0.4, -0.2) is 94.0 Å². The number of sulfonamides is 1. The number of phenols is 1. The number of carbonyl (C=O) groups is 2. The molecule has 1 aliphatic rings. The maximum absolute atomic E-state index is 14.1. The van der Waals surface area contributed by atoms with Gasteiger partial charge in [-0.3, -0.25) is 4.79 Å². The quantitative estimate of drug-likeness (QED) is 0.205. The highest BCUT2D eigenvalue weighted by molar-refractivity contribution is 7.89. The molecule has 1 fully saturated rings. The van der Waals surface area contributed by atoms with Crippen LogP contribution in [0.4, 0.5) is 4.79 Å². The Kier molecular flexibility index (Phi) is 12.5. The molecule has 0 aliphatic carbocycles. The molecule has 14 heteroatoms. The number of aliphatic hydroxyl groups excluding tert-OH is 1. The molecule has 0 bridgehead atoms. The van der Waals surface area contributed by atoms with Crippen molar-refractivity contribution in [2.45, 2.75) is 77.6 Å². The predicted molar refractivity (Wildman–Crippen MR) is 188 cm³/mol. The number of benzene rings is 2. The van der Waals surface area contributed by atoms with Gasteiger partial charge in [0.1, 0.15) is 16.7 Å². The molecule has 0 unspecified atom stereocenters. The number of hydrogen-bond acceptors (Lipinski definition) is 8. The van der Waals surface area contributed by atoms with Gasteiger partial charge >= 0.3 is 6.03 Å². The van der Waals surface area contributed by atoms with Crippen LogP contribution < -0.4 is 5.32 Å². The van der Waals surface area contributed by atoms with E-state index in [2.05, 4.69) is 10.3 Å². The van der Waals surface area contributed by atoms with Crippen LogP contribution in [0, 0.1) is 25.7 Å². The number of phenolic OH excluding ortho intramolecular Hbond substituents is 1. The molecule has 48 heavy (non-hydrogen) atoms. The van der Waals surface area contributed by atoms with Crippen molar-refractivity contribution in [2.24, 2.45) is 11.8 Å². The lowest BCUT2D eigenvalue weighted by Crippen LogP contribution is -2.57. The highest BCUT2D eigenvalue weighted by atomic mass is 35.5. The van der Waals surface area contributed by atoms with Gasteiger partial charge in [0.05, 0.1) is 34.4 Å². The van der Waals surface area contributed by atoms with Crippen molar-refractivity contribution >= 4 is 44.9 Å². The largest absolute Gasteiger partial charge is 0.508 e. The molecule has 1 saturated heterocycles. The number of rotatable bonds is 15. The van der Waals surface area contributed by atoms with Crippen LogP contribution in [0.2, 0.25) is 5.02 Å². The Balaban J connectivity index is 1.60. The van der Waals surface area contributed by atoms with Crippen molar-refractivity contribution in [2.75, 3.05) is 26.2 Å². The van der Waals surface area contributed by atoms with Gasteiger partial charge in [-0.25, -0.2) is 18.2 Å². The Morgan fingerprint density at radius 1 is 1.10 bits per heavy atom. The molecule has 3 N–H and O–H groups in total. The van der Waals surface area contributed by atoms with Crippen molar-refractivity contribution in [3.8, 4) is 5.75 Å². The zero-order valence-electron chi connectivity index (χ0n) is 28.3. The maximum Gasteiger partial charge on any atom is 0.321 e. The van der Waals surface area contributed by atoms with Crippen LogP contribution in [0.5, 0.6) is 5.75 Å². The lowest BCUT2D eigenvalue weighted by atomic mass is 9.97. The van der Waals surface area contributed by atoms with Crippen LogP contribution >= 0.6 is 22.9 Å². The number of aliphatic hydroxyl groups is 1. The Morgan fingerprint density at radius 2 is 1.79 bits per heavy atom. The fraction of sp³-hybridized carbons (Fsp3) is 0.500. The average Bonchev–Trinajstić information content (AvgIpc) is 3.58. The number of amides is 3.